The molecular weight excluding hydrogens is 656 g/mol. The minimum absolute atomic E-state index is 0.0280. The van der Waals surface area contributed by atoms with Crippen LogP contribution in [0.15, 0.2) is 102 Å². The van der Waals surface area contributed by atoms with Crippen molar-refractivity contribution in [3.63, 3.8) is 0 Å². The van der Waals surface area contributed by atoms with Gasteiger partial charge in [-0.25, -0.2) is 13.2 Å². The van der Waals surface area contributed by atoms with E-state index in [0.717, 1.165) is 28.5 Å². The second kappa shape index (κ2) is 14.1. The van der Waals surface area contributed by atoms with Gasteiger partial charge in [0.1, 0.15) is 17.9 Å². The lowest BCUT2D eigenvalue weighted by Crippen LogP contribution is -2.48. The summed E-state index contributed by atoms with van der Waals surface area (Å²) in [5, 5.41) is 20.9. The van der Waals surface area contributed by atoms with Crippen molar-refractivity contribution in [3.8, 4) is 16.9 Å². The molecule has 250 valence electrons. The van der Waals surface area contributed by atoms with Crippen LogP contribution in [0.25, 0.3) is 11.1 Å². The smallest absolute Gasteiger partial charge is 0.335 e. The van der Waals surface area contributed by atoms with Gasteiger partial charge in [0.15, 0.2) is 0 Å². The molecule has 2 N–H and O–H groups in total. The lowest BCUT2D eigenvalue weighted by molar-refractivity contribution is -0.143. The van der Waals surface area contributed by atoms with Crippen LogP contribution in [0.1, 0.15) is 33.8 Å². The van der Waals surface area contributed by atoms with Crippen LogP contribution >= 0.6 is 11.6 Å². The zero-order valence-electron chi connectivity index (χ0n) is 26.0. The molecule has 48 heavy (non-hydrogen) atoms. The predicted molar refractivity (Wildman–Crippen MR) is 180 cm³/mol. The third-order valence-corrected chi connectivity index (χ3v) is 11.1. The first-order valence-corrected chi connectivity index (χ1v) is 17.4. The van der Waals surface area contributed by atoms with Gasteiger partial charge in [-0.05, 0) is 77.2 Å². The molecule has 2 atom stereocenters. The summed E-state index contributed by atoms with van der Waals surface area (Å²) in [6.45, 7) is 3.83. The number of sulfonamides is 1. The molecule has 0 bridgehead atoms. The van der Waals surface area contributed by atoms with Gasteiger partial charge in [-0.2, -0.15) is 4.31 Å². The Kier molecular flexibility index (Phi) is 9.86. The molecule has 6 rings (SSSR count). The van der Waals surface area contributed by atoms with Gasteiger partial charge in [0, 0.05) is 37.1 Å². The van der Waals surface area contributed by atoms with Crippen LogP contribution in [0.5, 0.6) is 5.75 Å². The van der Waals surface area contributed by atoms with Gasteiger partial charge in [0.05, 0.1) is 23.7 Å². The maximum absolute atomic E-state index is 14.5. The van der Waals surface area contributed by atoms with Crippen LogP contribution in [0.3, 0.4) is 0 Å². The molecular formula is C36H35ClN2O8S. The van der Waals surface area contributed by atoms with Crippen LogP contribution in [-0.2, 0) is 26.1 Å². The van der Waals surface area contributed by atoms with E-state index in [9.17, 15) is 28.2 Å². The number of hydrogen-bond acceptors (Lipinski definition) is 7. The fourth-order valence-electron chi connectivity index (χ4n) is 6.20. The van der Waals surface area contributed by atoms with Crippen molar-refractivity contribution >= 4 is 33.6 Å². The normalized spacial score (nSPS) is 19.6. The largest absolute Gasteiger partial charge is 0.492 e. The average Bonchev–Trinajstić information content (AvgIpc) is 3.85. The number of rotatable bonds is 13. The SMILES string of the molecule is O=C(O)c1cccc(CN(C2(C(=O)O)CC2c2cccc(OCCN3CCOCC3)c2)S(=O)(=O)c2ccc(-c3ccc(Cl)cc3)cc2)c1. The van der Waals surface area contributed by atoms with E-state index in [-0.39, 0.29) is 23.4 Å². The molecule has 4 aromatic rings. The zero-order valence-corrected chi connectivity index (χ0v) is 27.6. The fourth-order valence-corrected chi connectivity index (χ4v) is 8.09. The summed E-state index contributed by atoms with van der Waals surface area (Å²) in [6.07, 6.45) is 0.0280. The highest BCUT2D eigenvalue weighted by molar-refractivity contribution is 7.89. The van der Waals surface area contributed by atoms with E-state index in [2.05, 4.69) is 4.90 Å². The number of hydrogen-bond donors (Lipinski definition) is 2. The van der Waals surface area contributed by atoms with E-state index in [0.29, 0.717) is 48.3 Å². The van der Waals surface area contributed by atoms with Gasteiger partial charge in [-0.3, -0.25) is 9.69 Å². The number of halogens is 1. The van der Waals surface area contributed by atoms with Crippen molar-refractivity contribution < 1.29 is 37.7 Å². The molecule has 0 radical (unpaired) electrons. The summed E-state index contributed by atoms with van der Waals surface area (Å²) in [6, 6.07) is 26.3. The molecule has 4 aromatic carbocycles. The third-order valence-electron chi connectivity index (χ3n) is 8.91. The van der Waals surface area contributed by atoms with Crippen LogP contribution in [0.2, 0.25) is 5.02 Å². The number of carboxylic acids is 2. The Balaban J connectivity index is 1.32. The number of benzene rings is 4. The molecule has 0 aromatic heterocycles. The second-order valence-corrected chi connectivity index (χ2v) is 14.2. The van der Waals surface area contributed by atoms with Crippen molar-refractivity contribution in [2.24, 2.45) is 0 Å². The molecule has 0 amide bonds. The van der Waals surface area contributed by atoms with Crippen LogP contribution in [0.4, 0.5) is 0 Å². The van der Waals surface area contributed by atoms with Crippen molar-refractivity contribution in [1.29, 1.82) is 0 Å². The number of aliphatic carboxylic acids is 1. The average molecular weight is 691 g/mol. The number of morpholine rings is 1. The lowest BCUT2D eigenvalue weighted by Gasteiger charge is -2.30. The van der Waals surface area contributed by atoms with Gasteiger partial charge < -0.3 is 19.7 Å². The topological polar surface area (TPSA) is 134 Å². The highest BCUT2D eigenvalue weighted by Gasteiger charge is 2.68. The lowest BCUT2D eigenvalue weighted by atomic mass is 10.0. The van der Waals surface area contributed by atoms with E-state index in [1.54, 1.807) is 54.6 Å². The van der Waals surface area contributed by atoms with Crippen LogP contribution < -0.4 is 4.74 Å². The number of carbonyl (C=O) groups is 2. The van der Waals surface area contributed by atoms with Crippen molar-refractivity contribution in [2.75, 3.05) is 39.5 Å². The predicted octanol–water partition coefficient (Wildman–Crippen LogP) is 5.62. The molecule has 2 unspecified atom stereocenters. The first-order chi connectivity index (χ1) is 23.1. The third kappa shape index (κ3) is 7.11. The minimum Gasteiger partial charge on any atom is -0.492 e. The van der Waals surface area contributed by atoms with Crippen molar-refractivity contribution in [2.45, 2.75) is 29.3 Å². The summed E-state index contributed by atoms with van der Waals surface area (Å²) in [5.41, 5.74) is 0.729. The van der Waals surface area contributed by atoms with Crippen molar-refractivity contribution in [1.82, 2.24) is 9.21 Å². The maximum Gasteiger partial charge on any atom is 0.335 e. The number of ether oxygens (including phenoxy) is 2. The van der Waals surface area contributed by atoms with Gasteiger partial charge in [0.25, 0.3) is 0 Å². The Labute approximate surface area is 284 Å². The maximum atomic E-state index is 14.5. The standard InChI is InChI=1S/C36H35ClN2O8S/c37-30-11-7-26(8-12-30)27-9-13-32(14-10-27)48(44,45)39(24-25-3-1-5-29(21-25)34(40)41)36(35(42)43)23-33(36)28-4-2-6-31(22-28)47-20-17-38-15-18-46-19-16-38/h1-14,21-22,33H,15-20,23-24H2,(H,40,41)(H,42,43). The highest BCUT2D eigenvalue weighted by atomic mass is 35.5. The Hall–Kier alpha value is -4.26. The van der Waals surface area contributed by atoms with Crippen molar-refractivity contribution in [3.05, 3.63) is 119 Å². The van der Waals surface area contributed by atoms with E-state index < -0.39 is 33.4 Å². The molecule has 2 aliphatic rings. The quantitative estimate of drug-likeness (QED) is 0.183. The van der Waals surface area contributed by atoms with E-state index in [4.69, 9.17) is 21.1 Å². The zero-order chi connectivity index (χ0) is 33.9. The van der Waals surface area contributed by atoms with E-state index in [1.807, 2.05) is 12.1 Å². The number of aromatic carboxylic acids is 1. The molecule has 1 heterocycles. The second-order valence-electron chi connectivity index (χ2n) is 11.9. The van der Waals surface area contributed by atoms with Crippen LogP contribution in [-0.4, -0.2) is 84.8 Å². The van der Waals surface area contributed by atoms with E-state index in [1.165, 1.54) is 30.3 Å². The van der Waals surface area contributed by atoms with E-state index >= 15 is 0 Å². The molecule has 1 saturated heterocycles. The summed E-state index contributed by atoms with van der Waals surface area (Å²) >= 11 is 6.03. The minimum atomic E-state index is -4.42. The number of carboxylic acid groups (broad SMARTS) is 2. The first kappa shape index (κ1) is 33.6. The Morgan fingerprint density at radius 2 is 1.58 bits per heavy atom. The van der Waals surface area contributed by atoms with Gasteiger partial charge >= 0.3 is 11.9 Å². The molecule has 10 nitrogen and oxygen atoms in total. The summed E-state index contributed by atoms with van der Waals surface area (Å²) < 4.78 is 41.4. The molecule has 12 heteroatoms. The Morgan fingerprint density at radius 1 is 0.917 bits per heavy atom. The molecule has 1 aliphatic heterocycles. The molecule has 0 spiro atoms. The fraction of sp³-hybridized carbons (Fsp3) is 0.278. The Morgan fingerprint density at radius 3 is 2.25 bits per heavy atom. The summed E-state index contributed by atoms with van der Waals surface area (Å²) in [5.74, 6) is -2.58. The Bertz CT molecular complexity index is 1900. The molecule has 1 aliphatic carbocycles. The van der Waals surface area contributed by atoms with Gasteiger partial charge in [0.2, 0.25) is 10.0 Å². The molecule has 2 fully saturated rings. The number of nitrogens with zero attached hydrogens (tertiary/aromatic N) is 2. The summed E-state index contributed by atoms with van der Waals surface area (Å²) in [7, 11) is -4.42. The first-order valence-electron chi connectivity index (χ1n) is 15.6. The monoisotopic (exact) mass is 690 g/mol. The van der Waals surface area contributed by atoms with Gasteiger partial charge in [-0.15, -0.1) is 0 Å². The highest BCUT2D eigenvalue weighted by Crippen LogP contribution is 2.58. The summed E-state index contributed by atoms with van der Waals surface area (Å²) in [4.78, 5) is 27.1. The van der Waals surface area contributed by atoms with Gasteiger partial charge in [-0.1, -0.05) is 60.1 Å². The van der Waals surface area contributed by atoms with Crippen LogP contribution in [0, 0.1) is 0 Å². The molecule has 1 saturated carbocycles.